The molecule has 9 heteroatoms. The van der Waals surface area contributed by atoms with Crippen molar-refractivity contribution in [1.82, 2.24) is 9.13 Å². The van der Waals surface area contributed by atoms with Crippen LogP contribution in [0.2, 0.25) is 0 Å². The van der Waals surface area contributed by atoms with Crippen LogP contribution in [-0.4, -0.2) is 35.9 Å². The Hall–Kier alpha value is -4.11. The minimum absolute atomic E-state index is 0.198. The van der Waals surface area contributed by atoms with Crippen LogP contribution in [0, 0.1) is 0 Å². The van der Waals surface area contributed by atoms with Gasteiger partial charge >= 0.3 is 5.97 Å². The molecular formula is C28H27N3O5S. The van der Waals surface area contributed by atoms with E-state index in [1.165, 1.54) is 11.3 Å². The monoisotopic (exact) mass is 517 g/mol. The molecule has 1 atom stereocenters. The van der Waals surface area contributed by atoms with Crippen LogP contribution in [0.15, 0.2) is 69.7 Å². The highest BCUT2D eigenvalue weighted by Gasteiger charge is 2.35. The number of hydrogen-bond acceptors (Lipinski definition) is 7. The summed E-state index contributed by atoms with van der Waals surface area (Å²) in [5.41, 5.74) is 3.14. The lowest BCUT2D eigenvalue weighted by molar-refractivity contribution is -0.139. The second kappa shape index (κ2) is 9.74. The maximum atomic E-state index is 14.0. The summed E-state index contributed by atoms with van der Waals surface area (Å²) in [5, 5.41) is 1.05. The van der Waals surface area contributed by atoms with E-state index in [2.05, 4.69) is 4.99 Å². The highest BCUT2D eigenvalue weighted by molar-refractivity contribution is 7.07. The van der Waals surface area contributed by atoms with Crippen molar-refractivity contribution in [3.05, 3.63) is 90.7 Å². The van der Waals surface area contributed by atoms with Crippen molar-refractivity contribution in [3.8, 4) is 11.5 Å². The van der Waals surface area contributed by atoms with Crippen LogP contribution < -0.4 is 24.4 Å². The van der Waals surface area contributed by atoms with Crippen LogP contribution in [0.1, 0.15) is 31.0 Å². The number of nitrogens with zero attached hydrogens (tertiary/aromatic N) is 3. The number of aromatic nitrogens is 2. The number of allylic oxidation sites excluding steroid dienone is 1. The summed E-state index contributed by atoms with van der Waals surface area (Å²) in [6, 6.07) is 12.6. The molecule has 0 aliphatic carbocycles. The lowest BCUT2D eigenvalue weighted by Crippen LogP contribution is -2.40. The van der Waals surface area contributed by atoms with Gasteiger partial charge in [0.15, 0.2) is 4.80 Å². The van der Waals surface area contributed by atoms with Gasteiger partial charge in [-0.1, -0.05) is 29.5 Å². The van der Waals surface area contributed by atoms with E-state index in [1.54, 1.807) is 50.8 Å². The molecule has 37 heavy (non-hydrogen) atoms. The third-order valence-electron chi connectivity index (χ3n) is 6.46. The number of ether oxygens (including phenoxy) is 3. The Kier molecular flexibility index (Phi) is 6.47. The van der Waals surface area contributed by atoms with Crippen molar-refractivity contribution < 1.29 is 19.0 Å². The lowest BCUT2D eigenvalue weighted by Gasteiger charge is -2.26. The van der Waals surface area contributed by atoms with E-state index in [-0.39, 0.29) is 17.7 Å². The molecule has 0 saturated heterocycles. The Morgan fingerprint density at radius 1 is 1.16 bits per heavy atom. The molecule has 0 unspecified atom stereocenters. The number of aryl methyl sites for hydroxylation is 1. The zero-order valence-electron chi connectivity index (χ0n) is 21.3. The summed E-state index contributed by atoms with van der Waals surface area (Å²) in [6.45, 7) is 3.70. The molecule has 0 N–H and O–H groups in total. The molecular weight excluding hydrogens is 490 g/mol. The largest absolute Gasteiger partial charge is 0.497 e. The van der Waals surface area contributed by atoms with E-state index in [9.17, 15) is 9.59 Å². The van der Waals surface area contributed by atoms with Crippen molar-refractivity contribution in [3.63, 3.8) is 0 Å². The van der Waals surface area contributed by atoms with E-state index in [4.69, 9.17) is 14.2 Å². The van der Waals surface area contributed by atoms with Gasteiger partial charge < -0.3 is 18.8 Å². The van der Waals surface area contributed by atoms with Gasteiger partial charge in [-0.3, -0.25) is 9.36 Å². The normalized spacial score (nSPS) is 15.5. The van der Waals surface area contributed by atoms with Crippen molar-refractivity contribution in [2.24, 2.45) is 12.0 Å². The van der Waals surface area contributed by atoms with Gasteiger partial charge in [0.1, 0.15) is 17.5 Å². The molecule has 0 saturated carbocycles. The van der Waals surface area contributed by atoms with Crippen LogP contribution in [0.3, 0.4) is 0 Å². The van der Waals surface area contributed by atoms with Gasteiger partial charge in [-0.05, 0) is 44.2 Å². The highest BCUT2D eigenvalue weighted by Crippen LogP contribution is 2.37. The smallest absolute Gasteiger partial charge is 0.338 e. The number of hydrogen-bond donors (Lipinski definition) is 0. The average molecular weight is 518 g/mol. The van der Waals surface area contributed by atoms with E-state index < -0.39 is 12.0 Å². The van der Waals surface area contributed by atoms with Gasteiger partial charge in [0, 0.05) is 35.3 Å². The molecule has 1 aliphatic rings. The first-order chi connectivity index (χ1) is 17.9. The predicted molar refractivity (Wildman–Crippen MR) is 143 cm³/mol. The van der Waals surface area contributed by atoms with Gasteiger partial charge in [0.25, 0.3) is 5.56 Å². The minimum Gasteiger partial charge on any atom is -0.497 e. The first-order valence-electron chi connectivity index (χ1n) is 11.8. The van der Waals surface area contributed by atoms with E-state index >= 15 is 0 Å². The molecule has 0 bridgehead atoms. The van der Waals surface area contributed by atoms with Crippen LogP contribution in [0.4, 0.5) is 0 Å². The van der Waals surface area contributed by atoms with Crippen LogP contribution in [0.5, 0.6) is 11.5 Å². The fraction of sp³-hybridized carbons (Fsp3) is 0.250. The molecule has 5 rings (SSSR count). The molecule has 0 fully saturated rings. The van der Waals surface area contributed by atoms with Gasteiger partial charge in [-0.2, -0.15) is 0 Å². The first kappa shape index (κ1) is 24.6. The summed E-state index contributed by atoms with van der Waals surface area (Å²) in [5.74, 6) is 0.569. The molecule has 190 valence electrons. The molecule has 3 heterocycles. The Bertz CT molecular complexity index is 1740. The standard InChI is InChI=1S/C28H27N3O5S/c1-6-36-27(33)24-16(2)29-28-31(25(24)20-14-18(34-4)11-12-22(20)35-5)26(32)23(37-28)13-17-15-30(3)21-10-8-7-9-19(17)21/h7-15,25H,6H2,1-5H3/b23-13-/t25-/m0/s1. The molecule has 0 spiro atoms. The average Bonchev–Trinajstić information content (AvgIpc) is 3.38. The van der Waals surface area contributed by atoms with Crippen LogP contribution >= 0.6 is 11.3 Å². The number of methoxy groups -OCH3 is 2. The first-order valence-corrected chi connectivity index (χ1v) is 12.6. The maximum Gasteiger partial charge on any atom is 0.338 e. The SMILES string of the molecule is CCOC(=O)C1=C(C)N=c2s/c(=C\c3cn(C)c4ccccc34)c(=O)n2[C@H]1c1cc(OC)ccc1OC. The Morgan fingerprint density at radius 2 is 1.95 bits per heavy atom. The lowest BCUT2D eigenvalue weighted by atomic mass is 9.94. The Morgan fingerprint density at radius 3 is 2.68 bits per heavy atom. The number of para-hydroxylation sites is 1. The van der Waals surface area contributed by atoms with E-state index in [1.807, 2.05) is 48.2 Å². The minimum atomic E-state index is -0.796. The van der Waals surface area contributed by atoms with Crippen LogP contribution in [-0.2, 0) is 16.6 Å². The molecule has 2 aromatic carbocycles. The summed E-state index contributed by atoms with van der Waals surface area (Å²) in [7, 11) is 5.09. The number of thiazole rings is 1. The number of benzene rings is 2. The predicted octanol–water partition coefficient (Wildman–Crippen LogP) is 3.31. The molecule has 0 amide bonds. The molecule has 2 aromatic heterocycles. The molecule has 1 aliphatic heterocycles. The zero-order chi connectivity index (χ0) is 26.3. The summed E-state index contributed by atoms with van der Waals surface area (Å²) >= 11 is 1.29. The Labute approximate surface area is 217 Å². The van der Waals surface area contributed by atoms with Gasteiger partial charge in [0.05, 0.1) is 36.6 Å². The van der Waals surface area contributed by atoms with Gasteiger partial charge in [0.2, 0.25) is 0 Å². The van der Waals surface area contributed by atoms with Crippen molar-refractivity contribution in [2.45, 2.75) is 19.9 Å². The summed E-state index contributed by atoms with van der Waals surface area (Å²) in [6.07, 6.45) is 3.89. The summed E-state index contributed by atoms with van der Waals surface area (Å²) in [4.78, 5) is 32.3. The Balaban J connectivity index is 1.79. The second-order valence-corrected chi connectivity index (χ2v) is 9.63. The van der Waals surface area contributed by atoms with E-state index in [0.717, 1.165) is 16.5 Å². The van der Waals surface area contributed by atoms with Crippen LogP contribution in [0.25, 0.3) is 17.0 Å². The zero-order valence-corrected chi connectivity index (χ0v) is 22.1. The number of rotatable bonds is 6. The van der Waals surface area contributed by atoms with Gasteiger partial charge in [-0.25, -0.2) is 9.79 Å². The third kappa shape index (κ3) is 4.15. The molecule has 8 nitrogen and oxygen atoms in total. The van der Waals surface area contributed by atoms with Crippen molar-refractivity contribution >= 4 is 34.3 Å². The number of esters is 1. The maximum absolute atomic E-state index is 14.0. The summed E-state index contributed by atoms with van der Waals surface area (Å²) < 4.78 is 20.6. The second-order valence-electron chi connectivity index (χ2n) is 8.62. The fourth-order valence-corrected chi connectivity index (χ4v) is 5.81. The fourth-order valence-electron chi connectivity index (χ4n) is 4.77. The number of carbonyl (C=O) groups is 1. The molecule has 0 radical (unpaired) electrons. The number of carbonyl (C=O) groups excluding carboxylic acids is 1. The van der Waals surface area contributed by atoms with E-state index in [0.29, 0.717) is 32.1 Å². The van der Waals surface area contributed by atoms with Crippen molar-refractivity contribution in [2.75, 3.05) is 20.8 Å². The van der Waals surface area contributed by atoms with Crippen molar-refractivity contribution in [1.29, 1.82) is 0 Å². The molecule has 4 aromatic rings. The quantitative estimate of drug-likeness (QED) is 0.367. The topological polar surface area (TPSA) is 84.1 Å². The highest BCUT2D eigenvalue weighted by atomic mass is 32.1. The third-order valence-corrected chi connectivity index (χ3v) is 7.45. The van der Waals surface area contributed by atoms with Gasteiger partial charge in [-0.15, -0.1) is 0 Å². The number of fused-ring (bicyclic) bond motifs is 2.